The fourth-order valence-corrected chi connectivity index (χ4v) is 7.40. The molecule has 0 N–H and O–H groups in total. The van der Waals surface area contributed by atoms with Gasteiger partial charge in [0.2, 0.25) is 5.95 Å². The zero-order valence-electron chi connectivity index (χ0n) is 22.5. The zero-order valence-corrected chi connectivity index (χ0v) is 23.3. The second-order valence-electron chi connectivity index (χ2n) is 10.7. The maximum Gasteiger partial charge on any atom is 0.235 e. The summed E-state index contributed by atoms with van der Waals surface area (Å²) in [5, 5.41) is 7.57. The third-order valence-corrected chi connectivity index (χ3v) is 9.34. The lowest BCUT2D eigenvalue weighted by Gasteiger charge is -2.12. The van der Waals surface area contributed by atoms with Crippen LogP contribution in [-0.2, 0) is 0 Å². The fraction of sp³-hybridized carbons (Fsp3) is 0. The molecule has 3 heterocycles. The molecule has 0 amide bonds. The van der Waals surface area contributed by atoms with Crippen LogP contribution in [0.25, 0.3) is 81.2 Å². The third-order valence-electron chi connectivity index (χ3n) is 8.20. The highest BCUT2D eigenvalue weighted by atomic mass is 32.1. The van der Waals surface area contributed by atoms with E-state index in [1.54, 1.807) is 0 Å². The van der Waals surface area contributed by atoms with Gasteiger partial charge in [0.05, 0.1) is 22.4 Å². The van der Waals surface area contributed by atoms with Gasteiger partial charge in [0.15, 0.2) is 0 Å². The highest BCUT2D eigenvalue weighted by molar-refractivity contribution is 7.25. The van der Waals surface area contributed by atoms with Gasteiger partial charge < -0.3 is 0 Å². The van der Waals surface area contributed by atoms with Crippen molar-refractivity contribution in [2.24, 2.45) is 0 Å². The van der Waals surface area contributed by atoms with Crippen molar-refractivity contribution in [3.8, 4) is 28.5 Å². The summed E-state index contributed by atoms with van der Waals surface area (Å²) in [4.78, 5) is 10.4. The normalized spacial score (nSPS) is 11.8. The Morgan fingerprint density at radius 1 is 0.452 bits per heavy atom. The first-order chi connectivity index (χ1) is 20.8. The Morgan fingerprint density at radius 2 is 1.10 bits per heavy atom. The molecule has 0 aliphatic carbocycles. The molecule has 0 saturated heterocycles. The summed E-state index contributed by atoms with van der Waals surface area (Å²) in [7, 11) is 0. The van der Waals surface area contributed by atoms with Crippen LogP contribution in [0.4, 0.5) is 0 Å². The van der Waals surface area contributed by atoms with E-state index < -0.39 is 0 Å². The van der Waals surface area contributed by atoms with Crippen LogP contribution < -0.4 is 0 Å². The van der Waals surface area contributed by atoms with Gasteiger partial charge in [-0.15, -0.1) is 11.3 Å². The number of para-hydroxylation sites is 1. The molecule has 4 heteroatoms. The van der Waals surface area contributed by atoms with E-state index >= 15 is 0 Å². The van der Waals surface area contributed by atoms with Gasteiger partial charge in [-0.2, -0.15) is 0 Å². The van der Waals surface area contributed by atoms with Crippen molar-refractivity contribution in [3.05, 3.63) is 140 Å². The fourth-order valence-electron chi connectivity index (χ4n) is 6.28. The average Bonchev–Trinajstić information content (AvgIpc) is 3.60. The SMILES string of the molecule is c1ccc(-c2cc(-c3ccccc3)nc(-n3c4ccccc4c4c5cc6sc7ccccc7c6cc5ccc43)n2)cc1. The predicted octanol–water partition coefficient (Wildman–Crippen LogP) is 10.4. The number of hydrogen-bond acceptors (Lipinski definition) is 3. The Bertz CT molecular complexity index is 2400. The van der Waals surface area contributed by atoms with Crippen molar-refractivity contribution in [2.75, 3.05) is 0 Å². The summed E-state index contributed by atoms with van der Waals surface area (Å²) < 4.78 is 4.86. The smallest absolute Gasteiger partial charge is 0.235 e. The minimum Gasteiger partial charge on any atom is -0.278 e. The number of thiophene rings is 1. The Balaban J connectivity index is 1.38. The van der Waals surface area contributed by atoms with E-state index in [-0.39, 0.29) is 0 Å². The lowest BCUT2D eigenvalue weighted by molar-refractivity contribution is 0.996. The van der Waals surface area contributed by atoms with E-state index in [0.717, 1.165) is 33.5 Å². The van der Waals surface area contributed by atoms with Crippen LogP contribution in [0, 0.1) is 0 Å². The van der Waals surface area contributed by atoms with Crippen molar-refractivity contribution in [1.82, 2.24) is 14.5 Å². The van der Waals surface area contributed by atoms with Gasteiger partial charge in [-0.3, -0.25) is 4.57 Å². The molecule has 0 unspecified atom stereocenters. The molecule has 3 nitrogen and oxygen atoms in total. The van der Waals surface area contributed by atoms with Gasteiger partial charge in [-0.05, 0) is 47.2 Å². The Morgan fingerprint density at radius 3 is 1.83 bits per heavy atom. The maximum absolute atomic E-state index is 5.18. The summed E-state index contributed by atoms with van der Waals surface area (Å²) in [6, 6.07) is 49.4. The molecule has 0 radical (unpaired) electrons. The number of fused-ring (bicyclic) bond motifs is 8. The van der Waals surface area contributed by atoms with Gasteiger partial charge in [-0.1, -0.05) is 103 Å². The molecule has 0 aliphatic rings. The quantitative estimate of drug-likeness (QED) is 0.218. The van der Waals surface area contributed by atoms with Crippen molar-refractivity contribution < 1.29 is 0 Å². The number of nitrogens with zero attached hydrogens (tertiary/aromatic N) is 3. The molecular weight excluding hydrogens is 531 g/mol. The van der Waals surface area contributed by atoms with Crippen LogP contribution in [-0.4, -0.2) is 14.5 Å². The molecule has 3 aromatic heterocycles. The Hall–Kier alpha value is -5.32. The summed E-state index contributed by atoms with van der Waals surface area (Å²) >= 11 is 1.86. The zero-order chi connectivity index (χ0) is 27.6. The van der Waals surface area contributed by atoms with Crippen molar-refractivity contribution in [1.29, 1.82) is 0 Å². The van der Waals surface area contributed by atoms with E-state index in [1.807, 2.05) is 23.5 Å². The molecule has 0 saturated carbocycles. The molecule has 0 fully saturated rings. The predicted molar refractivity (Wildman–Crippen MR) is 178 cm³/mol. The lowest BCUT2D eigenvalue weighted by atomic mass is 10.0. The highest BCUT2D eigenvalue weighted by Crippen LogP contribution is 2.41. The second kappa shape index (κ2) is 9.10. The standard InChI is InChI=1S/C38H23N3S/c1-3-11-24(12-4-1)31-23-32(25-13-5-2-6-14-25)40-38(39-31)41-33-17-9-7-16-28(33)37-29-22-36-30(21-26(29)19-20-34(37)41)27-15-8-10-18-35(27)42-36/h1-23H. The first kappa shape index (κ1) is 23.4. The highest BCUT2D eigenvalue weighted by Gasteiger charge is 2.19. The van der Waals surface area contributed by atoms with Gasteiger partial charge in [-0.25, -0.2) is 9.97 Å². The van der Waals surface area contributed by atoms with E-state index in [1.165, 1.54) is 41.7 Å². The van der Waals surface area contributed by atoms with Crippen molar-refractivity contribution in [3.63, 3.8) is 0 Å². The average molecular weight is 554 g/mol. The van der Waals surface area contributed by atoms with Gasteiger partial charge in [0, 0.05) is 42.1 Å². The minimum absolute atomic E-state index is 0.670. The van der Waals surface area contributed by atoms with Crippen LogP contribution >= 0.6 is 11.3 Å². The van der Waals surface area contributed by atoms with E-state index in [2.05, 4.69) is 132 Å². The van der Waals surface area contributed by atoms with Crippen LogP contribution in [0.3, 0.4) is 0 Å². The summed E-state index contributed by atoms with van der Waals surface area (Å²) in [6.45, 7) is 0. The summed E-state index contributed by atoms with van der Waals surface area (Å²) in [6.07, 6.45) is 0. The number of rotatable bonds is 3. The molecule has 9 rings (SSSR count). The molecular formula is C38H23N3S. The number of hydrogen-bond donors (Lipinski definition) is 0. The molecule has 0 aliphatic heterocycles. The molecule has 9 aromatic rings. The Labute approximate surface area is 246 Å². The van der Waals surface area contributed by atoms with E-state index in [4.69, 9.17) is 9.97 Å². The Kier molecular flexibility index (Phi) is 5.07. The second-order valence-corrected chi connectivity index (χ2v) is 11.7. The van der Waals surface area contributed by atoms with E-state index in [9.17, 15) is 0 Å². The summed E-state index contributed by atoms with van der Waals surface area (Å²) in [5.74, 6) is 0.670. The first-order valence-corrected chi connectivity index (χ1v) is 14.9. The lowest BCUT2D eigenvalue weighted by Crippen LogP contribution is -2.03. The topological polar surface area (TPSA) is 30.7 Å². The number of aromatic nitrogens is 3. The molecule has 0 spiro atoms. The summed E-state index contributed by atoms with van der Waals surface area (Å²) in [5.41, 5.74) is 6.14. The largest absolute Gasteiger partial charge is 0.278 e. The third kappa shape index (κ3) is 3.52. The van der Waals surface area contributed by atoms with Crippen molar-refractivity contribution >= 4 is 64.1 Å². The van der Waals surface area contributed by atoms with Gasteiger partial charge in [0.1, 0.15) is 0 Å². The van der Waals surface area contributed by atoms with Crippen LogP contribution in [0.1, 0.15) is 0 Å². The molecule has 196 valence electrons. The number of benzene rings is 6. The maximum atomic E-state index is 5.18. The first-order valence-electron chi connectivity index (χ1n) is 14.1. The van der Waals surface area contributed by atoms with Crippen LogP contribution in [0.5, 0.6) is 0 Å². The molecule has 42 heavy (non-hydrogen) atoms. The van der Waals surface area contributed by atoms with E-state index in [0.29, 0.717) is 5.95 Å². The van der Waals surface area contributed by atoms with Gasteiger partial charge in [0.25, 0.3) is 0 Å². The molecule has 6 aromatic carbocycles. The molecule has 0 bridgehead atoms. The van der Waals surface area contributed by atoms with Gasteiger partial charge >= 0.3 is 0 Å². The van der Waals surface area contributed by atoms with Crippen molar-refractivity contribution in [2.45, 2.75) is 0 Å². The monoisotopic (exact) mass is 553 g/mol. The molecule has 0 atom stereocenters. The minimum atomic E-state index is 0.670. The van der Waals surface area contributed by atoms with Crippen LogP contribution in [0.15, 0.2) is 140 Å². The van der Waals surface area contributed by atoms with Crippen LogP contribution in [0.2, 0.25) is 0 Å².